The molecule has 1 aliphatic rings. The lowest BCUT2D eigenvalue weighted by Gasteiger charge is -2.26. The van der Waals surface area contributed by atoms with Crippen molar-refractivity contribution in [3.8, 4) is 11.5 Å². The highest BCUT2D eigenvalue weighted by Crippen LogP contribution is 2.30. The molecule has 1 heterocycles. The van der Waals surface area contributed by atoms with E-state index in [0.717, 1.165) is 5.75 Å². The fraction of sp³-hybridized carbons (Fsp3) is 0.333. The van der Waals surface area contributed by atoms with Gasteiger partial charge in [-0.25, -0.2) is 0 Å². The van der Waals surface area contributed by atoms with Crippen LogP contribution in [0.2, 0.25) is 0 Å². The molecule has 6 nitrogen and oxygen atoms in total. The Labute approximate surface area is 158 Å². The van der Waals surface area contributed by atoms with Crippen molar-refractivity contribution in [2.75, 3.05) is 11.4 Å². The molecular weight excluding hydrogens is 344 g/mol. The summed E-state index contributed by atoms with van der Waals surface area (Å²) in [5.41, 5.74) is -0.346. The predicted molar refractivity (Wildman–Crippen MR) is 103 cm³/mol. The number of para-hydroxylation sites is 1. The van der Waals surface area contributed by atoms with Gasteiger partial charge in [0.2, 0.25) is 11.8 Å². The van der Waals surface area contributed by atoms with E-state index in [1.54, 1.807) is 38.1 Å². The molecule has 0 radical (unpaired) electrons. The molecule has 27 heavy (non-hydrogen) atoms. The first-order valence-electron chi connectivity index (χ1n) is 8.99. The van der Waals surface area contributed by atoms with Crippen LogP contribution in [0.15, 0.2) is 54.6 Å². The topological polar surface area (TPSA) is 78.9 Å². The number of rotatable bonds is 6. The molecular formula is C21H24N2O4. The molecule has 1 atom stereocenters. The number of ether oxygens (including phenoxy) is 1. The molecule has 0 aromatic heterocycles. The van der Waals surface area contributed by atoms with Gasteiger partial charge in [0.15, 0.2) is 0 Å². The molecule has 2 aromatic carbocycles. The van der Waals surface area contributed by atoms with Gasteiger partial charge in [0.1, 0.15) is 17.5 Å². The largest absolute Gasteiger partial charge is 0.457 e. The summed E-state index contributed by atoms with van der Waals surface area (Å²) in [4.78, 5) is 26.3. The Morgan fingerprint density at radius 2 is 1.78 bits per heavy atom. The first kappa shape index (κ1) is 18.9. The van der Waals surface area contributed by atoms with Crippen LogP contribution in [0.3, 0.4) is 0 Å². The van der Waals surface area contributed by atoms with E-state index in [2.05, 4.69) is 5.32 Å². The number of hydrogen-bond donors (Lipinski definition) is 2. The van der Waals surface area contributed by atoms with E-state index in [1.807, 2.05) is 30.3 Å². The van der Waals surface area contributed by atoms with Gasteiger partial charge in [-0.2, -0.15) is 0 Å². The number of aliphatic hydroxyl groups is 1. The lowest BCUT2D eigenvalue weighted by Crippen LogP contribution is -2.48. The summed E-state index contributed by atoms with van der Waals surface area (Å²) in [6, 6.07) is 16.0. The monoisotopic (exact) mass is 368 g/mol. The first-order valence-corrected chi connectivity index (χ1v) is 8.99. The van der Waals surface area contributed by atoms with Crippen molar-refractivity contribution in [1.82, 2.24) is 5.32 Å². The minimum Gasteiger partial charge on any atom is -0.457 e. The highest BCUT2D eigenvalue weighted by molar-refractivity contribution is 6.03. The Bertz CT molecular complexity index is 797. The molecule has 142 valence electrons. The number of carbonyl (C=O) groups is 2. The smallest absolute Gasteiger partial charge is 0.243 e. The maximum absolute atomic E-state index is 12.5. The lowest BCUT2D eigenvalue weighted by molar-refractivity contribution is -0.124. The molecule has 1 fully saturated rings. The molecule has 2 aromatic rings. The lowest BCUT2D eigenvalue weighted by atomic mass is 10.1. The number of nitrogens with one attached hydrogen (secondary N) is 1. The average molecular weight is 368 g/mol. The van der Waals surface area contributed by atoms with Crippen LogP contribution in [0.1, 0.15) is 26.7 Å². The van der Waals surface area contributed by atoms with Gasteiger partial charge in [0.05, 0.1) is 5.60 Å². The molecule has 0 bridgehead atoms. The van der Waals surface area contributed by atoms with Crippen molar-refractivity contribution in [1.29, 1.82) is 0 Å². The van der Waals surface area contributed by atoms with E-state index in [4.69, 9.17) is 4.74 Å². The molecule has 0 saturated carbocycles. The Balaban J connectivity index is 1.71. The van der Waals surface area contributed by atoms with Crippen LogP contribution in [0.4, 0.5) is 5.69 Å². The minimum absolute atomic E-state index is 0.0878. The molecule has 0 aliphatic carbocycles. The Kier molecular flexibility index (Phi) is 5.46. The van der Waals surface area contributed by atoms with Crippen molar-refractivity contribution in [3.05, 3.63) is 54.6 Å². The van der Waals surface area contributed by atoms with Crippen LogP contribution in [0.25, 0.3) is 0 Å². The zero-order chi connectivity index (χ0) is 19.4. The molecule has 6 heteroatoms. The van der Waals surface area contributed by atoms with Crippen molar-refractivity contribution in [3.63, 3.8) is 0 Å². The van der Waals surface area contributed by atoms with Crippen molar-refractivity contribution in [2.24, 2.45) is 0 Å². The maximum Gasteiger partial charge on any atom is 0.243 e. The van der Waals surface area contributed by atoms with Crippen LogP contribution >= 0.6 is 0 Å². The van der Waals surface area contributed by atoms with E-state index in [9.17, 15) is 14.7 Å². The van der Waals surface area contributed by atoms with Crippen LogP contribution in [-0.4, -0.2) is 35.1 Å². The second kappa shape index (κ2) is 7.80. The summed E-state index contributed by atoms with van der Waals surface area (Å²) >= 11 is 0. The summed E-state index contributed by atoms with van der Waals surface area (Å²) in [5.74, 6) is 1.04. The molecule has 2 amide bonds. The number of benzene rings is 2. The van der Waals surface area contributed by atoms with Gasteiger partial charge >= 0.3 is 0 Å². The van der Waals surface area contributed by atoms with Gasteiger partial charge < -0.3 is 15.2 Å². The summed E-state index contributed by atoms with van der Waals surface area (Å²) < 4.78 is 5.76. The van der Waals surface area contributed by atoms with E-state index < -0.39 is 11.6 Å². The van der Waals surface area contributed by atoms with Gasteiger partial charge in [0, 0.05) is 18.7 Å². The first-order chi connectivity index (χ1) is 12.8. The second-order valence-corrected chi connectivity index (χ2v) is 7.26. The standard InChI is InChI=1S/C21H24N2O4/c1-21(2,26)14-22-20(25)18-12-13-19(24)23(18)15-8-10-17(11-9-15)27-16-6-4-3-5-7-16/h3-11,18,26H,12-14H2,1-2H3,(H,22,25). The normalized spacial score (nSPS) is 17.1. The van der Waals surface area contributed by atoms with Gasteiger partial charge in [-0.3, -0.25) is 14.5 Å². The highest BCUT2D eigenvalue weighted by Gasteiger charge is 2.37. The molecule has 2 N–H and O–H groups in total. The summed E-state index contributed by atoms with van der Waals surface area (Å²) in [6.45, 7) is 3.38. The quantitative estimate of drug-likeness (QED) is 0.822. The van der Waals surface area contributed by atoms with Gasteiger partial charge in [-0.1, -0.05) is 18.2 Å². The van der Waals surface area contributed by atoms with Crippen LogP contribution in [0, 0.1) is 0 Å². The molecule has 1 aliphatic heterocycles. The number of amides is 2. The summed E-state index contributed by atoms with van der Waals surface area (Å²) in [5, 5.41) is 12.5. The Hall–Kier alpha value is -2.86. The van der Waals surface area contributed by atoms with Crippen LogP contribution in [0.5, 0.6) is 11.5 Å². The second-order valence-electron chi connectivity index (χ2n) is 7.26. The fourth-order valence-corrected chi connectivity index (χ4v) is 2.98. The van der Waals surface area contributed by atoms with Crippen molar-refractivity contribution in [2.45, 2.75) is 38.3 Å². The third-order valence-corrected chi connectivity index (χ3v) is 4.30. The third kappa shape index (κ3) is 4.86. The predicted octanol–water partition coefficient (Wildman–Crippen LogP) is 2.86. The van der Waals surface area contributed by atoms with E-state index in [1.165, 1.54) is 4.90 Å². The van der Waals surface area contributed by atoms with Gasteiger partial charge in [-0.15, -0.1) is 0 Å². The van der Waals surface area contributed by atoms with Gasteiger partial charge in [-0.05, 0) is 56.7 Å². The Morgan fingerprint density at radius 1 is 1.15 bits per heavy atom. The van der Waals surface area contributed by atoms with E-state index in [-0.39, 0.29) is 18.4 Å². The van der Waals surface area contributed by atoms with Crippen LogP contribution in [-0.2, 0) is 9.59 Å². The van der Waals surface area contributed by atoms with E-state index in [0.29, 0.717) is 24.3 Å². The van der Waals surface area contributed by atoms with Crippen molar-refractivity contribution >= 4 is 17.5 Å². The fourth-order valence-electron chi connectivity index (χ4n) is 2.98. The molecule has 0 spiro atoms. The van der Waals surface area contributed by atoms with Crippen molar-refractivity contribution < 1.29 is 19.4 Å². The zero-order valence-electron chi connectivity index (χ0n) is 15.5. The number of nitrogens with zero attached hydrogens (tertiary/aromatic N) is 1. The highest BCUT2D eigenvalue weighted by atomic mass is 16.5. The zero-order valence-corrected chi connectivity index (χ0v) is 15.5. The molecule has 1 unspecified atom stereocenters. The number of carbonyl (C=O) groups excluding carboxylic acids is 2. The van der Waals surface area contributed by atoms with Gasteiger partial charge in [0.25, 0.3) is 0 Å². The van der Waals surface area contributed by atoms with E-state index >= 15 is 0 Å². The SMILES string of the molecule is CC(C)(O)CNC(=O)C1CCC(=O)N1c1ccc(Oc2ccccc2)cc1. The summed E-state index contributed by atoms with van der Waals surface area (Å²) in [6.07, 6.45) is 0.779. The average Bonchev–Trinajstić information content (AvgIpc) is 3.02. The number of hydrogen-bond acceptors (Lipinski definition) is 4. The molecule has 1 saturated heterocycles. The van der Waals surface area contributed by atoms with Crippen LogP contribution < -0.4 is 15.0 Å². The minimum atomic E-state index is -1.00. The number of anilines is 1. The third-order valence-electron chi connectivity index (χ3n) is 4.30. The molecule has 3 rings (SSSR count). The summed E-state index contributed by atoms with van der Waals surface area (Å²) in [7, 11) is 0. The Morgan fingerprint density at radius 3 is 2.41 bits per heavy atom. The maximum atomic E-state index is 12.5.